The average Bonchev–Trinajstić information content (AvgIpc) is 3.18. The van der Waals surface area contributed by atoms with Gasteiger partial charge in [-0.1, -0.05) is 18.2 Å². The summed E-state index contributed by atoms with van der Waals surface area (Å²) < 4.78 is 0. The first kappa shape index (κ1) is 20.7. The number of carbonyl (C=O) groups is 1. The van der Waals surface area contributed by atoms with Crippen molar-refractivity contribution in [3.05, 3.63) is 59.7 Å². The van der Waals surface area contributed by atoms with Crippen LogP contribution in [0.2, 0.25) is 0 Å². The highest BCUT2D eigenvalue weighted by Gasteiger charge is 2.22. The van der Waals surface area contributed by atoms with Crippen LogP contribution < -0.4 is 9.80 Å². The van der Waals surface area contributed by atoms with Crippen molar-refractivity contribution in [2.45, 2.75) is 18.9 Å². The summed E-state index contributed by atoms with van der Waals surface area (Å²) >= 11 is 0. The van der Waals surface area contributed by atoms with Gasteiger partial charge in [-0.25, -0.2) is 0 Å². The second-order valence-corrected chi connectivity index (χ2v) is 7.60. The molecule has 6 nitrogen and oxygen atoms in total. The van der Waals surface area contributed by atoms with Crippen LogP contribution in [0.5, 0.6) is 0 Å². The summed E-state index contributed by atoms with van der Waals surface area (Å²) in [5.74, 6) is 0.0472. The zero-order valence-corrected chi connectivity index (χ0v) is 17.1. The Kier molecular flexibility index (Phi) is 6.73. The van der Waals surface area contributed by atoms with E-state index < -0.39 is 0 Å². The van der Waals surface area contributed by atoms with E-state index in [4.69, 9.17) is 5.26 Å². The van der Waals surface area contributed by atoms with Crippen molar-refractivity contribution < 1.29 is 9.90 Å². The smallest absolute Gasteiger partial charge is 0.241 e. The fraction of sp³-hybridized carbons (Fsp3) is 0.391. The molecule has 1 amide bonds. The van der Waals surface area contributed by atoms with Crippen molar-refractivity contribution in [1.82, 2.24) is 4.90 Å². The number of rotatable bonds is 7. The molecule has 0 radical (unpaired) electrons. The molecule has 3 rings (SSSR count). The maximum atomic E-state index is 12.6. The number of hydrogen-bond donors (Lipinski definition) is 1. The number of benzene rings is 2. The van der Waals surface area contributed by atoms with E-state index in [1.165, 1.54) is 5.56 Å². The van der Waals surface area contributed by atoms with E-state index in [0.29, 0.717) is 18.7 Å². The zero-order chi connectivity index (χ0) is 20.8. The Hall–Kier alpha value is -3.04. The molecule has 0 saturated carbocycles. The molecule has 1 aliphatic rings. The van der Waals surface area contributed by atoms with Crippen LogP contribution in [-0.4, -0.2) is 62.3 Å². The molecule has 0 aromatic heterocycles. The Morgan fingerprint density at radius 1 is 1.21 bits per heavy atom. The van der Waals surface area contributed by atoms with E-state index in [0.717, 1.165) is 30.8 Å². The Balaban J connectivity index is 1.56. The number of amides is 1. The van der Waals surface area contributed by atoms with Crippen molar-refractivity contribution in [3.8, 4) is 6.07 Å². The predicted octanol–water partition coefficient (Wildman–Crippen LogP) is 2.27. The third-order valence-corrected chi connectivity index (χ3v) is 5.45. The van der Waals surface area contributed by atoms with Gasteiger partial charge in [-0.15, -0.1) is 0 Å². The molecule has 1 saturated heterocycles. The Morgan fingerprint density at radius 3 is 2.59 bits per heavy atom. The molecule has 1 atom stereocenters. The molecule has 1 fully saturated rings. The number of anilines is 2. The normalized spacial score (nSPS) is 15.8. The number of hydrogen-bond acceptors (Lipinski definition) is 5. The van der Waals surface area contributed by atoms with Gasteiger partial charge < -0.3 is 19.8 Å². The Labute approximate surface area is 172 Å². The lowest BCUT2D eigenvalue weighted by Gasteiger charge is -2.25. The van der Waals surface area contributed by atoms with Crippen molar-refractivity contribution in [2.24, 2.45) is 0 Å². The lowest BCUT2D eigenvalue weighted by Crippen LogP contribution is -2.37. The molecule has 1 N–H and O–H groups in total. The molecule has 1 heterocycles. The summed E-state index contributed by atoms with van der Waals surface area (Å²) in [7, 11) is 3.71. The maximum absolute atomic E-state index is 12.6. The van der Waals surface area contributed by atoms with Gasteiger partial charge in [0, 0.05) is 45.1 Å². The lowest BCUT2D eigenvalue weighted by atomic mass is 10.1. The van der Waals surface area contributed by atoms with E-state index in [-0.39, 0.29) is 18.6 Å². The molecule has 2 aromatic carbocycles. The quantitative estimate of drug-likeness (QED) is 0.783. The summed E-state index contributed by atoms with van der Waals surface area (Å²) in [4.78, 5) is 18.5. The summed E-state index contributed by atoms with van der Waals surface area (Å²) in [6.45, 7) is 2.44. The monoisotopic (exact) mass is 392 g/mol. The van der Waals surface area contributed by atoms with Crippen LogP contribution >= 0.6 is 0 Å². The molecule has 2 aromatic rings. The average molecular weight is 393 g/mol. The highest BCUT2D eigenvalue weighted by molar-refractivity contribution is 5.81. The summed E-state index contributed by atoms with van der Waals surface area (Å²) in [5.41, 5.74) is 3.86. The van der Waals surface area contributed by atoms with E-state index in [2.05, 4.69) is 23.1 Å². The van der Waals surface area contributed by atoms with Gasteiger partial charge in [0.2, 0.25) is 5.91 Å². The highest BCUT2D eigenvalue weighted by atomic mass is 16.3. The Bertz CT molecular complexity index is 875. The molecule has 6 heteroatoms. The van der Waals surface area contributed by atoms with E-state index in [1.807, 2.05) is 43.3 Å². The minimum Gasteiger partial charge on any atom is -0.391 e. The number of aliphatic hydroxyl groups is 1. The van der Waals surface area contributed by atoms with E-state index >= 15 is 0 Å². The van der Waals surface area contributed by atoms with Gasteiger partial charge in [0.15, 0.2) is 0 Å². The summed E-state index contributed by atoms with van der Waals surface area (Å²) in [5, 5.41) is 18.7. The number of nitriles is 1. The van der Waals surface area contributed by atoms with Crippen LogP contribution in [0.25, 0.3) is 0 Å². The lowest BCUT2D eigenvalue weighted by molar-refractivity contribution is -0.128. The molecule has 0 aliphatic carbocycles. The van der Waals surface area contributed by atoms with Gasteiger partial charge in [-0.2, -0.15) is 5.26 Å². The van der Waals surface area contributed by atoms with E-state index in [9.17, 15) is 9.90 Å². The fourth-order valence-electron chi connectivity index (χ4n) is 3.61. The number of carbonyl (C=O) groups excluding carboxylic acids is 1. The van der Waals surface area contributed by atoms with Gasteiger partial charge in [0.1, 0.15) is 0 Å². The Morgan fingerprint density at radius 2 is 1.93 bits per heavy atom. The predicted molar refractivity (Wildman–Crippen MR) is 115 cm³/mol. The molecule has 0 unspecified atom stereocenters. The standard InChI is InChI=1S/C23H28N4O2/c1-25(23(29)17-26(2)20-9-7-18(15-24)8-10-20)13-11-19-5-3-4-6-22(19)27-14-12-21(28)16-27/h3-10,21,28H,11-14,16-17H2,1-2H3/t21-/m0/s1. The number of aliphatic hydroxyl groups excluding tert-OH is 1. The fourth-order valence-corrected chi connectivity index (χ4v) is 3.61. The minimum absolute atomic E-state index is 0.0472. The van der Waals surface area contributed by atoms with Gasteiger partial charge in [0.05, 0.1) is 24.3 Å². The molecule has 0 spiro atoms. The van der Waals surface area contributed by atoms with Gasteiger partial charge in [0.25, 0.3) is 0 Å². The molecule has 1 aliphatic heterocycles. The van der Waals surface area contributed by atoms with Crippen molar-refractivity contribution in [1.29, 1.82) is 5.26 Å². The molecule has 29 heavy (non-hydrogen) atoms. The van der Waals surface area contributed by atoms with Crippen LogP contribution in [0.3, 0.4) is 0 Å². The summed E-state index contributed by atoms with van der Waals surface area (Å²) in [6, 6.07) is 17.5. The third-order valence-electron chi connectivity index (χ3n) is 5.45. The SMILES string of the molecule is CN(CCc1ccccc1N1CC[C@H](O)C1)C(=O)CN(C)c1ccc(C#N)cc1. The van der Waals surface area contributed by atoms with Crippen LogP contribution in [0.4, 0.5) is 11.4 Å². The maximum Gasteiger partial charge on any atom is 0.241 e. The van der Waals surface area contributed by atoms with Crippen LogP contribution in [0, 0.1) is 11.3 Å². The van der Waals surface area contributed by atoms with E-state index in [1.54, 1.807) is 17.0 Å². The molecule has 0 bridgehead atoms. The van der Waals surface area contributed by atoms with Gasteiger partial charge in [-0.05, 0) is 48.7 Å². The second kappa shape index (κ2) is 9.44. The first-order valence-electron chi connectivity index (χ1n) is 9.94. The topological polar surface area (TPSA) is 70.8 Å². The van der Waals surface area contributed by atoms with Crippen molar-refractivity contribution in [3.63, 3.8) is 0 Å². The largest absolute Gasteiger partial charge is 0.391 e. The number of likely N-dealkylation sites (N-methyl/N-ethyl adjacent to an activating group) is 2. The summed E-state index contributed by atoms with van der Waals surface area (Å²) in [6.07, 6.45) is 1.31. The number of nitrogens with zero attached hydrogens (tertiary/aromatic N) is 4. The number of β-amino-alcohol motifs (C(OH)–C–C–N with tert-alkyl or cyclic N) is 1. The van der Waals surface area contributed by atoms with Crippen LogP contribution in [0.1, 0.15) is 17.5 Å². The number of para-hydroxylation sites is 1. The van der Waals surface area contributed by atoms with Crippen LogP contribution in [-0.2, 0) is 11.2 Å². The second-order valence-electron chi connectivity index (χ2n) is 7.60. The van der Waals surface area contributed by atoms with Crippen molar-refractivity contribution in [2.75, 3.05) is 50.1 Å². The minimum atomic E-state index is -0.259. The molecule has 152 valence electrons. The van der Waals surface area contributed by atoms with Crippen molar-refractivity contribution >= 4 is 17.3 Å². The third kappa shape index (κ3) is 5.27. The molecular formula is C23H28N4O2. The van der Waals surface area contributed by atoms with Gasteiger partial charge >= 0.3 is 0 Å². The van der Waals surface area contributed by atoms with Gasteiger partial charge in [-0.3, -0.25) is 4.79 Å². The highest BCUT2D eigenvalue weighted by Crippen LogP contribution is 2.25. The molecular weight excluding hydrogens is 364 g/mol. The zero-order valence-electron chi connectivity index (χ0n) is 17.1. The van der Waals surface area contributed by atoms with Crippen LogP contribution in [0.15, 0.2) is 48.5 Å². The first-order chi connectivity index (χ1) is 14.0. The first-order valence-corrected chi connectivity index (χ1v) is 9.94.